The summed E-state index contributed by atoms with van der Waals surface area (Å²) in [5.74, 6) is 1.04. The predicted molar refractivity (Wildman–Crippen MR) is 60.4 cm³/mol. The SMILES string of the molecule is CC1CCCC(CN)N1Cc1ccco1. The Bertz CT molecular complexity index is 284. The second-order valence-electron chi connectivity index (χ2n) is 4.42. The highest BCUT2D eigenvalue weighted by Crippen LogP contribution is 2.24. The van der Waals surface area contributed by atoms with Crippen molar-refractivity contribution in [3.05, 3.63) is 24.2 Å². The Morgan fingerprint density at radius 3 is 3.07 bits per heavy atom. The molecule has 0 aromatic carbocycles. The van der Waals surface area contributed by atoms with Gasteiger partial charge in [0.25, 0.3) is 0 Å². The van der Waals surface area contributed by atoms with E-state index in [9.17, 15) is 0 Å². The van der Waals surface area contributed by atoms with Crippen LogP contribution in [0.5, 0.6) is 0 Å². The van der Waals surface area contributed by atoms with E-state index in [-0.39, 0.29) is 0 Å². The fraction of sp³-hybridized carbons (Fsp3) is 0.667. The van der Waals surface area contributed by atoms with Crippen molar-refractivity contribution in [3.8, 4) is 0 Å². The van der Waals surface area contributed by atoms with Gasteiger partial charge in [-0.15, -0.1) is 0 Å². The van der Waals surface area contributed by atoms with Crippen molar-refractivity contribution in [3.63, 3.8) is 0 Å². The second-order valence-corrected chi connectivity index (χ2v) is 4.42. The van der Waals surface area contributed by atoms with Gasteiger partial charge < -0.3 is 10.2 Å². The molecule has 15 heavy (non-hydrogen) atoms. The molecule has 0 radical (unpaired) electrons. The third-order valence-electron chi connectivity index (χ3n) is 3.39. The molecule has 1 fully saturated rings. The van der Waals surface area contributed by atoms with Crippen molar-refractivity contribution in [2.45, 2.75) is 44.8 Å². The minimum Gasteiger partial charge on any atom is -0.468 e. The van der Waals surface area contributed by atoms with E-state index in [4.69, 9.17) is 10.2 Å². The number of hydrogen-bond donors (Lipinski definition) is 1. The van der Waals surface area contributed by atoms with Gasteiger partial charge in [0.1, 0.15) is 5.76 Å². The Balaban J connectivity index is 2.03. The normalized spacial score (nSPS) is 28.1. The molecule has 0 spiro atoms. The van der Waals surface area contributed by atoms with Crippen molar-refractivity contribution < 1.29 is 4.42 Å². The van der Waals surface area contributed by atoms with E-state index in [0.29, 0.717) is 12.1 Å². The lowest BCUT2D eigenvalue weighted by Crippen LogP contribution is -2.48. The molecule has 0 saturated carbocycles. The van der Waals surface area contributed by atoms with E-state index < -0.39 is 0 Å². The van der Waals surface area contributed by atoms with Crippen LogP contribution >= 0.6 is 0 Å². The summed E-state index contributed by atoms with van der Waals surface area (Å²) >= 11 is 0. The van der Waals surface area contributed by atoms with Crippen LogP contribution < -0.4 is 5.73 Å². The Morgan fingerprint density at radius 2 is 2.40 bits per heavy atom. The molecule has 1 aromatic heterocycles. The number of hydrogen-bond acceptors (Lipinski definition) is 3. The van der Waals surface area contributed by atoms with Gasteiger partial charge >= 0.3 is 0 Å². The smallest absolute Gasteiger partial charge is 0.117 e. The van der Waals surface area contributed by atoms with Gasteiger partial charge in [0.15, 0.2) is 0 Å². The summed E-state index contributed by atoms with van der Waals surface area (Å²) in [6.07, 6.45) is 5.54. The van der Waals surface area contributed by atoms with Crippen LogP contribution in [0.3, 0.4) is 0 Å². The second kappa shape index (κ2) is 4.81. The van der Waals surface area contributed by atoms with E-state index >= 15 is 0 Å². The minimum absolute atomic E-state index is 0.527. The van der Waals surface area contributed by atoms with Crippen molar-refractivity contribution in [2.24, 2.45) is 5.73 Å². The van der Waals surface area contributed by atoms with Gasteiger partial charge in [-0.05, 0) is 31.9 Å². The lowest BCUT2D eigenvalue weighted by molar-refractivity contribution is 0.0815. The molecule has 2 N–H and O–H groups in total. The molecule has 2 atom stereocenters. The first kappa shape index (κ1) is 10.7. The van der Waals surface area contributed by atoms with Crippen LogP contribution in [0.2, 0.25) is 0 Å². The fourth-order valence-corrected chi connectivity index (χ4v) is 2.46. The molecular weight excluding hydrogens is 188 g/mol. The molecule has 1 aliphatic rings. The van der Waals surface area contributed by atoms with Crippen LogP contribution in [0.4, 0.5) is 0 Å². The first-order valence-electron chi connectivity index (χ1n) is 5.79. The minimum atomic E-state index is 0.527. The summed E-state index contributed by atoms with van der Waals surface area (Å²) in [6, 6.07) is 5.13. The van der Waals surface area contributed by atoms with Crippen LogP contribution in [-0.4, -0.2) is 23.5 Å². The first-order chi connectivity index (χ1) is 7.31. The standard InChI is InChI=1S/C12H20N2O/c1-10-4-2-5-11(8-13)14(10)9-12-6-3-7-15-12/h3,6-7,10-11H,2,4-5,8-9,13H2,1H3. The van der Waals surface area contributed by atoms with Crippen molar-refractivity contribution >= 4 is 0 Å². The van der Waals surface area contributed by atoms with Crippen LogP contribution in [0, 0.1) is 0 Å². The highest BCUT2D eigenvalue weighted by molar-refractivity contribution is 4.99. The Hall–Kier alpha value is -0.800. The van der Waals surface area contributed by atoms with E-state index in [1.165, 1.54) is 19.3 Å². The lowest BCUT2D eigenvalue weighted by atomic mass is 9.96. The zero-order chi connectivity index (χ0) is 10.7. The molecular formula is C12H20N2O. The van der Waals surface area contributed by atoms with Crippen molar-refractivity contribution in [1.29, 1.82) is 0 Å². The number of piperidine rings is 1. The quantitative estimate of drug-likeness (QED) is 0.826. The Labute approximate surface area is 91.2 Å². The summed E-state index contributed by atoms with van der Waals surface area (Å²) < 4.78 is 5.39. The third-order valence-corrected chi connectivity index (χ3v) is 3.39. The molecule has 2 rings (SSSR count). The number of nitrogens with two attached hydrogens (primary N) is 1. The molecule has 3 heteroatoms. The summed E-state index contributed by atoms with van der Waals surface area (Å²) in [6.45, 7) is 3.94. The van der Waals surface area contributed by atoms with E-state index in [1.54, 1.807) is 6.26 Å². The van der Waals surface area contributed by atoms with E-state index in [0.717, 1.165) is 18.8 Å². The zero-order valence-electron chi connectivity index (χ0n) is 9.36. The van der Waals surface area contributed by atoms with E-state index in [1.807, 2.05) is 12.1 Å². The molecule has 84 valence electrons. The predicted octanol–water partition coefficient (Wildman–Crippen LogP) is 1.98. The van der Waals surface area contributed by atoms with Crippen LogP contribution in [0.15, 0.2) is 22.8 Å². The summed E-state index contributed by atoms with van der Waals surface area (Å²) in [7, 11) is 0. The summed E-state index contributed by atoms with van der Waals surface area (Å²) in [5.41, 5.74) is 5.81. The average Bonchev–Trinajstić information content (AvgIpc) is 2.74. The molecule has 1 saturated heterocycles. The maximum absolute atomic E-state index is 5.81. The maximum atomic E-state index is 5.81. The van der Waals surface area contributed by atoms with Crippen LogP contribution in [0.25, 0.3) is 0 Å². The fourth-order valence-electron chi connectivity index (χ4n) is 2.46. The average molecular weight is 208 g/mol. The maximum Gasteiger partial charge on any atom is 0.117 e. The molecule has 0 amide bonds. The summed E-state index contributed by atoms with van der Waals surface area (Å²) in [5, 5.41) is 0. The van der Waals surface area contributed by atoms with E-state index in [2.05, 4.69) is 11.8 Å². The van der Waals surface area contributed by atoms with Gasteiger partial charge in [0.2, 0.25) is 0 Å². The van der Waals surface area contributed by atoms with Crippen LogP contribution in [-0.2, 0) is 6.54 Å². The number of nitrogens with zero attached hydrogens (tertiary/aromatic N) is 1. The number of rotatable bonds is 3. The monoisotopic (exact) mass is 208 g/mol. The lowest BCUT2D eigenvalue weighted by Gasteiger charge is -2.39. The highest BCUT2D eigenvalue weighted by atomic mass is 16.3. The van der Waals surface area contributed by atoms with Gasteiger partial charge in [0.05, 0.1) is 12.8 Å². The number of furan rings is 1. The number of likely N-dealkylation sites (tertiary alicyclic amines) is 1. The molecule has 2 heterocycles. The molecule has 0 bridgehead atoms. The van der Waals surface area contributed by atoms with Crippen LogP contribution in [0.1, 0.15) is 31.9 Å². The molecule has 3 nitrogen and oxygen atoms in total. The van der Waals surface area contributed by atoms with Crippen molar-refractivity contribution in [1.82, 2.24) is 4.90 Å². The molecule has 2 unspecified atom stereocenters. The summed E-state index contributed by atoms with van der Waals surface area (Å²) in [4.78, 5) is 2.47. The first-order valence-corrected chi connectivity index (χ1v) is 5.79. The van der Waals surface area contributed by atoms with Gasteiger partial charge in [-0.3, -0.25) is 4.90 Å². The van der Waals surface area contributed by atoms with Gasteiger partial charge in [-0.2, -0.15) is 0 Å². The molecule has 1 aliphatic heterocycles. The zero-order valence-corrected chi connectivity index (χ0v) is 9.36. The largest absolute Gasteiger partial charge is 0.468 e. The third kappa shape index (κ3) is 2.41. The highest BCUT2D eigenvalue weighted by Gasteiger charge is 2.27. The van der Waals surface area contributed by atoms with Crippen molar-refractivity contribution in [2.75, 3.05) is 6.54 Å². The van der Waals surface area contributed by atoms with Gasteiger partial charge in [-0.25, -0.2) is 0 Å². The molecule has 0 aliphatic carbocycles. The Kier molecular flexibility index (Phi) is 3.44. The van der Waals surface area contributed by atoms with Gasteiger partial charge in [-0.1, -0.05) is 6.42 Å². The topological polar surface area (TPSA) is 42.4 Å². The van der Waals surface area contributed by atoms with Gasteiger partial charge in [0, 0.05) is 18.6 Å². The molecule has 1 aromatic rings. The Morgan fingerprint density at radius 1 is 1.53 bits per heavy atom.